The summed E-state index contributed by atoms with van der Waals surface area (Å²) in [6.07, 6.45) is 3.58. The fourth-order valence-corrected chi connectivity index (χ4v) is 6.21. The zero-order valence-corrected chi connectivity index (χ0v) is 29.6. The minimum atomic E-state index is -0.339. The minimum Gasteiger partial charge on any atom is -0.378 e. The number of carbonyl (C=O) groups excluding carboxylic acids is 2. The number of piperidine rings is 1. The molecule has 1 aliphatic rings. The van der Waals surface area contributed by atoms with Crippen molar-refractivity contribution < 1.29 is 9.59 Å². The van der Waals surface area contributed by atoms with Gasteiger partial charge >= 0.3 is 23.4 Å². The molecule has 0 aliphatic carbocycles. The Labute approximate surface area is 304 Å². The summed E-state index contributed by atoms with van der Waals surface area (Å²) in [4.78, 5) is 62.4. The van der Waals surface area contributed by atoms with Crippen LogP contribution in [0, 0.1) is 0 Å². The van der Waals surface area contributed by atoms with E-state index in [1.54, 1.807) is 36.4 Å². The van der Waals surface area contributed by atoms with Crippen molar-refractivity contribution in [1.82, 2.24) is 30.6 Å². The van der Waals surface area contributed by atoms with Gasteiger partial charge in [0, 0.05) is 56.7 Å². The van der Waals surface area contributed by atoms with Crippen LogP contribution in [-0.4, -0.2) is 59.2 Å². The van der Waals surface area contributed by atoms with E-state index in [4.69, 9.17) is 11.6 Å². The van der Waals surface area contributed by atoms with Crippen molar-refractivity contribution in [2.75, 3.05) is 47.6 Å². The molecule has 0 unspecified atom stereocenters. The van der Waals surface area contributed by atoms with Crippen LogP contribution >= 0.6 is 11.6 Å². The molecule has 15 heteroatoms. The number of fused-ring (bicyclic) bond motifs is 2. The summed E-state index contributed by atoms with van der Waals surface area (Å²) in [5, 5.41) is 11.9. The average molecular weight is 725 g/mol. The number of benzene rings is 4. The highest BCUT2D eigenvalue weighted by Gasteiger charge is 2.16. The van der Waals surface area contributed by atoms with Gasteiger partial charge in [0.25, 0.3) is 0 Å². The Hall–Kier alpha value is -6.15. The second-order valence-corrected chi connectivity index (χ2v) is 13.0. The number of carbonyl (C=O) groups is 2. The summed E-state index contributed by atoms with van der Waals surface area (Å²) in [6.45, 7) is 2.80. The number of rotatable bonds is 8. The maximum atomic E-state index is 12.4. The van der Waals surface area contributed by atoms with Crippen molar-refractivity contribution in [1.29, 1.82) is 0 Å². The molecule has 1 aliphatic heterocycles. The van der Waals surface area contributed by atoms with Gasteiger partial charge in [-0.3, -0.25) is 0 Å². The molecule has 3 heterocycles. The van der Waals surface area contributed by atoms with E-state index < -0.39 is 0 Å². The highest BCUT2D eigenvalue weighted by atomic mass is 35.5. The molecule has 2 aromatic heterocycles. The summed E-state index contributed by atoms with van der Waals surface area (Å²) in [5.74, 6) is 0. The van der Waals surface area contributed by atoms with Crippen molar-refractivity contribution in [3.63, 3.8) is 0 Å². The van der Waals surface area contributed by atoms with Crippen LogP contribution in [0.1, 0.15) is 30.4 Å². The largest absolute Gasteiger partial charge is 0.378 e. The molecule has 6 aromatic rings. The molecule has 7 rings (SSSR count). The number of amides is 4. The van der Waals surface area contributed by atoms with Crippen molar-refractivity contribution in [3.8, 4) is 0 Å². The first-order chi connectivity index (χ1) is 25.1. The first kappa shape index (κ1) is 35.7. The average Bonchev–Trinajstić information content (AvgIpc) is 3.73. The molecule has 0 atom stereocenters. The third kappa shape index (κ3) is 8.95. The topological polar surface area (TPSA) is 186 Å². The number of halogens is 1. The lowest BCUT2D eigenvalue weighted by Crippen LogP contribution is -2.32. The molecule has 0 bridgehead atoms. The van der Waals surface area contributed by atoms with E-state index in [1.165, 1.54) is 19.3 Å². The molecule has 4 aromatic carbocycles. The number of para-hydroxylation sites is 2. The SMILES string of the molecule is CN(C)c1ccc(CNC(=O)Nc2cccc3[nH]c(=O)[nH]c23)cc1.O=C(NCc1ccc(Cl)cc1N1CCCCC1)Nc1cccc2[nH]c(=O)[nH]c12. The van der Waals surface area contributed by atoms with Gasteiger partial charge in [-0.05, 0) is 78.9 Å². The molecule has 52 heavy (non-hydrogen) atoms. The molecule has 1 fully saturated rings. The summed E-state index contributed by atoms with van der Waals surface area (Å²) in [7, 11) is 3.96. The highest BCUT2D eigenvalue weighted by Crippen LogP contribution is 2.28. The molecule has 0 saturated carbocycles. The summed E-state index contributed by atoms with van der Waals surface area (Å²) in [5.41, 5.74) is 7.13. The third-order valence-electron chi connectivity index (χ3n) is 8.69. The van der Waals surface area contributed by atoms with Crippen molar-refractivity contribution in [2.24, 2.45) is 0 Å². The van der Waals surface area contributed by atoms with Gasteiger partial charge < -0.3 is 51.0 Å². The lowest BCUT2D eigenvalue weighted by atomic mass is 10.1. The predicted molar refractivity (Wildman–Crippen MR) is 208 cm³/mol. The summed E-state index contributed by atoms with van der Waals surface area (Å²) in [6, 6.07) is 23.6. The second-order valence-electron chi connectivity index (χ2n) is 12.6. The number of nitrogens with zero attached hydrogens (tertiary/aromatic N) is 2. The lowest BCUT2D eigenvalue weighted by Gasteiger charge is -2.31. The van der Waals surface area contributed by atoms with E-state index >= 15 is 0 Å². The Morgan fingerprint density at radius 3 is 1.83 bits per heavy atom. The zero-order valence-electron chi connectivity index (χ0n) is 28.9. The maximum Gasteiger partial charge on any atom is 0.323 e. The van der Waals surface area contributed by atoms with Crippen LogP contribution in [-0.2, 0) is 13.1 Å². The number of aromatic amines is 4. The number of imidazole rings is 2. The molecule has 8 N–H and O–H groups in total. The number of H-pyrrole nitrogens is 4. The predicted octanol–water partition coefficient (Wildman–Crippen LogP) is 6.07. The van der Waals surface area contributed by atoms with Crippen LogP contribution in [0.5, 0.6) is 0 Å². The first-order valence-electron chi connectivity index (χ1n) is 16.9. The van der Waals surface area contributed by atoms with Gasteiger partial charge in [0.15, 0.2) is 0 Å². The van der Waals surface area contributed by atoms with E-state index in [0.717, 1.165) is 35.6 Å². The summed E-state index contributed by atoms with van der Waals surface area (Å²) < 4.78 is 0. The van der Waals surface area contributed by atoms with E-state index in [-0.39, 0.29) is 23.4 Å². The number of anilines is 4. The van der Waals surface area contributed by atoms with Crippen molar-refractivity contribution in [2.45, 2.75) is 32.4 Å². The molecule has 1 saturated heterocycles. The number of urea groups is 2. The third-order valence-corrected chi connectivity index (χ3v) is 8.92. The van der Waals surface area contributed by atoms with Crippen LogP contribution in [0.4, 0.5) is 32.3 Å². The zero-order chi connectivity index (χ0) is 36.6. The number of nitrogens with one attached hydrogen (secondary N) is 8. The maximum absolute atomic E-state index is 12.4. The van der Waals surface area contributed by atoms with Crippen LogP contribution in [0.2, 0.25) is 5.02 Å². The Balaban J connectivity index is 0.000000181. The molecular weight excluding hydrogens is 684 g/mol. The van der Waals surface area contributed by atoms with Crippen molar-refractivity contribution in [3.05, 3.63) is 116 Å². The first-order valence-corrected chi connectivity index (χ1v) is 17.3. The highest BCUT2D eigenvalue weighted by molar-refractivity contribution is 6.30. The van der Waals surface area contributed by atoms with Crippen LogP contribution in [0.25, 0.3) is 22.1 Å². The van der Waals surface area contributed by atoms with Gasteiger partial charge in [0.2, 0.25) is 0 Å². The van der Waals surface area contributed by atoms with Crippen LogP contribution in [0.15, 0.2) is 88.5 Å². The molecule has 0 radical (unpaired) electrons. The number of hydrogen-bond acceptors (Lipinski definition) is 6. The second kappa shape index (κ2) is 16.2. The van der Waals surface area contributed by atoms with Crippen LogP contribution in [0.3, 0.4) is 0 Å². The Kier molecular flexibility index (Phi) is 11.1. The molecule has 270 valence electrons. The standard InChI is InChI=1S/C20H22ClN5O2.C17H19N5O2/c21-14-8-7-13(17(11-14)26-9-2-1-3-10-26)12-22-19(27)23-15-5-4-6-16-18(15)25-20(28)24-16;1-22(2)12-8-6-11(7-9-12)10-18-16(23)19-13-4-3-5-14-15(13)21-17(24)20-14/h4-8,11H,1-3,9-10,12H2,(H2,22,23,27)(H2,24,25,28);3-9H,10H2,1-2H3,(H2,18,19,23)(H2,20,21,24). The Bertz CT molecular complexity index is 2280. The molecule has 4 amide bonds. The summed E-state index contributed by atoms with van der Waals surface area (Å²) >= 11 is 6.21. The smallest absolute Gasteiger partial charge is 0.323 e. The lowest BCUT2D eigenvalue weighted by molar-refractivity contribution is 0.251. The minimum absolute atomic E-state index is 0.305. The molecule has 0 spiro atoms. The molecular formula is C37H41ClN10O4. The fraction of sp³-hybridized carbons (Fsp3) is 0.243. The van der Waals surface area contributed by atoms with Crippen molar-refractivity contribution >= 4 is 68.5 Å². The van der Waals surface area contributed by atoms with E-state index in [1.807, 2.05) is 61.5 Å². The molecule has 14 nitrogen and oxygen atoms in total. The normalized spacial score (nSPS) is 12.6. The Morgan fingerprint density at radius 2 is 1.27 bits per heavy atom. The van der Waals surface area contributed by atoms with E-state index in [9.17, 15) is 19.2 Å². The Morgan fingerprint density at radius 1 is 0.712 bits per heavy atom. The van der Waals surface area contributed by atoms with Crippen LogP contribution < -0.4 is 42.4 Å². The van der Waals surface area contributed by atoms with Gasteiger partial charge in [0.1, 0.15) is 0 Å². The van der Waals surface area contributed by atoms with Gasteiger partial charge in [-0.15, -0.1) is 0 Å². The number of aromatic nitrogens is 4. The quantitative estimate of drug-likeness (QED) is 0.0942. The monoisotopic (exact) mass is 724 g/mol. The fourth-order valence-electron chi connectivity index (χ4n) is 6.04. The van der Waals surface area contributed by atoms with Gasteiger partial charge in [-0.2, -0.15) is 0 Å². The van der Waals surface area contributed by atoms with E-state index in [0.29, 0.717) is 51.6 Å². The number of hydrogen-bond donors (Lipinski definition) is 8. The van der Waals surface area contributed by atoms with Gasteiger partial charge in [-0.25, -0.2) is 19.2 Å². The van der Waals surface area contributed by atoms with Gasteiger partial charge in [0.05, 0.1) is 33.4 Å². The van der Waals surface area contributed by atoms with Gasteiger partial charge in [-0.1, -0.05) is 41.9 Å². The van der Waals surface area contributed by atoms with E-state index in [2.05, 4.69) is 46.1 Å².